The highest BCUT2D eigenvalue weighted by molar-refractivity contribution is 5.96. The Hall–Kier alpha value is -3.62. The van der Waals surface area contributed by atoms with Gasteiger partial charge in [-0.2, -0.15) is 0 Å². The van der Waals surface area contributed by atoms with Gasteiger partial charge in [-0.1, -0.05) is 0 Å². The Morgan fingerprint density at radius 2 is 1.68 bits per heavy atom. The monoisotopic (exact) mass is 387 g/mol. The molecule has 0 saturated carbocycles. The maximum atomic E-state index is 12.9. The Labute approximate surface area is 158 Å². The molecule has 0 aliphatic heterocycles. The molecule has 28 heavy (non-hydrogen) atoms. The SMILES string of the molecule is C[C@H](OC(=O)[C@@H](C)Oc1ccc(F)cc1)C(=O)Nc1ccc2[nH]c(=O)[nH]c2c1. The molecule has 0 fully saturated rings. The Kier molecular flexibility index (Phi) is 5.44. The summed E-state index contributed by atoms with van der Waals surface area (Å²) in [6, 6.07) is 10.0. The van der Waals surface area contributed by atoms with E-state index >= 15 is 0 Å². The van der Waals surface area contributed by atoms with Crippen molar-refractivity contribution < 1.29 is 23.5 Å². The number of fused-ring (bicyclic) bond motifs is 1. The molecule has 2 atom stereocenters. The van der Waals surface area contributed by atoms with Gasteiger partial charge in [-0.05, 0) is 56.3 Å². The van der Waals surface area contributed by atoms with Crippen LogP contribution < -0.4 is 15.7 Å². The molecule has 0 spiro atoms. The van der Waals surface area contributed by atoms with Crippen molar-refractivity contribution in [1.82, 2.24) is 9.97 Å². The first-order valence-electron chi connectivity index (χ1n) is 8.47. The van der Waals surface area contributed by atoms with Gasteiger partial charge in [-0.3, -0.25) is 4.79 Å². The zero-order valence-electron chi connectivity index (χ0n) is 15.1. The Balaban J connectivity index is 1.56. The number of aromatic nitrogens is 2. The molecule has 1 aromatic heterocycles. The fourth-order valence-corrected chi connectivity index (χ4v) is 2.44. The minimum atomic E-state index is -1.08. The smallest absolute Gasteiger partial charge is 0.347 e. The van der Waals surface area contributed by atoms with E-state index in [1.54, 1.807) is 18.2 Å². The number of aromatic amines is 2. The first-order valence-corrected chi connectivity index (χ1v) is 8.47. The minimum absolute atomic E-state index is 0.303. The van der Waals surface area contributed by atoms with E-state index in [0.29, 0.717) is 22.5 Å². The third-order valence-corrected chi connectivity index (χ3v) is 3.90. The van der Waals surface area contributed by atoms with E-state index in [0.717, 1.165) is 0 Å². The molecule has 0 saturated heterocycles. The van der Waals surface area contributed by atoms with E-state index in [9.17, 15) is 18.8 Å². The van der Waals surface area contributed by atoms with Crippen LogP contribution in [0.15, 0.2) is 47.3 Å². The molecular weight excluding hydrogens is 369 g/mol. The van der Waals surface area contributed by atoms with Crippen LogP contribution in [0.3, 0.4) is 0 Å². The molecule has 0 aliphatic carbocycles. The van der Waals surface area contributed by atoms with Gasteiger partial charge in [0.1, 0.15) is 11.6 Å². The second kappa shape index (κ2) is 7.95. The molecule has 0 aliphatic rings. The summed E-state index contributed by atoms with van der Waals surface area (Å²) in [6.07, 6.45) is -2.06. The van der Waals surface area contributed by atoms with Crippen LogP contribution in [-0.4, -0.2) is 34.1 Å². The maximum Gasteiger partial charge on any atom is 0.347 e. The molecule has 2 aromatic carbocycles. The van der Waals surface area contributed by atoms with Crippen LogP contribution in [0, 0.1) is 5.82 Å². The number of esters is 1. The number of rotatable bonds is 6. The van der Waals surface area contributed by atoms with Gasteiger partial charge in [-0.25, -0.2) is 14.0 Å². The van der Waals surface area contributed by atoms with Crippen LogP contribution in [-0.2, 0) is 14.3 Å². The predicted octanol–water partition coefficient (Wildman–Crippen LogP) is 2.33. The number of H-pyrrole nitrogens is 2. The lowest BCUT2D eigenvalue weighted by molar-refractivity contribution is -0.159. The van der Waals surface area contributed by atoms with Gasteiger partial charge in [0.05, 0.1) is 11.0 Å². The second-order valence-corrected chi connectivity index (χ2v) is 6.12. The average molecular weight is 387 g/mol. The average Bonchev–Trinajstić information content (AvgIpc) is 3.02. The van der Waals surface area contributed by atoms with E-state index in [4.69, 9.17) is 9.47 Å². The number of carbonyl (C=O) groups excluding carboxylic acids is 2. The van der Waals surface area contributed by atoms with Crippen molar-refractivity contribution in [3.63, 3.8) is 0 Å². The standard InChI is InChI=1S/C19H18FN3O5/c1-10(28-18(25)11(2)27-14-6-3-12(20)4-7-14)17(24)21-13-5-8-15-16(9-13)23-19(26)22-15/h3-11H,1-2H3,(H,21,24)(H2,22,23,26)/t10-,11+/m0/s1. The molecule has 146 valence electrons. The van der Waals surface area contributed by atoms with Crippen molar-refractivity contribution in [3.05, 3.63) is 58.8 Å². The van der Waals surface area contributed by atoms with Crippen LogP contribution in [0.4, 0.5) is 10.1 Å². The third kappa shape index (κ3) is 4.56. The molecule has 9 heteroatoms. The highest BCUT2D eigenvalue weighted by atomic mass is 19.1. The lowest BCUT2D eigenvalue weighted by atomic mass is 10.2. The number of amides is 1. The third-order valence-electron chi connectivity index (χ3n) is 3.90. The van der Waals surface area contributed by atoms with E-state index in [2.05, 4.69) is 15.3 Å². The molecule has 8 nitrogen and oxygen atoms in total. The van der Waals surface area contributed by atoms with Crippen LogP contribution in [0.5, 0.6) is 5.75 Å². The summed E-state index contributed by atoms with van der Waals surface area (Å²) in [4.78, 5) is 40.8. The van der Waals surface area contributed by atoms with Gasteiger partial charge in [0.15, 0.2) is 12.2 Å². The lowest BCUT2D eigenvalue weighted by Crippen LogP contribution is -2.35. The fourth-order valence-electron chi connectivity index (χ4n) is 2.44. The van der Waals surface area contributed by atoms with Crippen LogP contribution in [0.1, 0.15) is 13.8 Å². The van der Waals surface area contributed by atoms with Gasteiger partial charge < -0.3 is 24.8 Å². The number of anilines is 1. The van der Waals surface area contributed by atoms with Gasteiger partial charge >= 0.3 is 11.7 Å². The van der Waals surface area contributed by atoms with Gasteiger partial charge in [0.2, 0.25) is 0 Å². The largest absolute Gasteiger partial charge is 0.479 e. The quantitative estimate of drug-likeness (QED) is 0.562. The summed E-state index contributed by atoms with van der Waals surface area (Å²) < 4.78 is 23.4. The van der Waals surface area contributed by atoms with E-state index in [1.807, 2.05) is 0 Å². The normalized spacial score (nSPS) is 13.0. The molecule has 0 radical (unpaired) electrons. The number of benzene rings is 2. The second-order valence-electron chi connectivity index (χ2n) is 6.12. The van der Waals surface area contributed by atoms with Crippen molar-refractivity contribution in [2.24, 2.45) is 0 Å². The van der Waals surface area contributed by atoms with Crippen molar-refractivity contribution >= 4 is 28.6 Å². The fraction of sp³-hybridized carbons (Fsp3) is 0.211. The number of carbonyl (C=O) groups is 2. The number of ether oxygens (including phenoxy) is 2. The van der Waals surface area contributed by atoms with E-state index < -0.39 is 29.9 Å². The molecule has 3 N–H and O–H groups in total. The van der Waals surface area contributed by atoms with E-state index in [1.165, 1.54) is 38.1 Å². The van der Waals surface area contributed by atoms with Crippen LogP contribution in [0.2, 0.25) is 0 Å². The summed E-state index contributed by atoms with van der Waals surface area (Å²) in [5, 5.41) is 2.61. The van der Waals surface area contributed by atoms with Gasteiger partial charge in [-0.15, -0.1) is 0 Å². The topological polar surface area (TPSA) is 113 Å². The first kappa shape index (κ1) is 19.2. The Morgan fingerprint density at radius 3 is 2.39 bits per heavy atom. The highest BCUT2D eigenvalue weighted by Gasteiger charge is 2.23. The molecule has 3 aromatic rings. The molecule has 3 rings (SSSR count). The Bertz CT molecular complexity index is 1060. The minimum Gasteiger partial charge on any atom is -0.479 e. The van der Waals surface area contributed by atoms with E-state index in [-0.39, 0.29) is 5.69 Å². The number of hydrogen-bond acceptors (Lipinski definition) is 5. The van der Waals surface area contributed by atoms with Crippen molar-refractivity contribution in [3.8, 4) is 5.75 Å². The van der Waals surface area contributed by atoms with Crippen molar-refractivity contribution in [1.29, 1.82) is 0 Å². The van der Waals surface area contributed by atoms with Crippen molar-refractivity contribution in [2.45, 2.75) is 26.1 Å². The number of halogens is 1. The molecule has 0 bridgehead atoms. The summed E-state index contributed by atoms with van der Waals surface area (Å²) in [6.45, 7) is 2.89. The Morgan fingerprint density at radius 1 is 1.00 bits per heavy atom. The number of imidazole rings is 1. The van der Waals surface area contributed by atoms with Gasteiger partial charge in [0.25, 0.3) is 5.91 Å². The van der Waals surface area contributed by atoms with Crippen LogP contribution in [0.25, 0.3) is 11.0 Å². The summed E-state index contributed by atoms with van der Waals surface area (Å²) >= 11 is 0. The number of nitrogens with one attached hydrogen (secondary N) is 3. The molecule has 1 heterocycles. The molecular formula is C19H18FN3O5. The van der Waals surface area contributed by atoms with Gasteiger partial charge in [0, 0.05) is 5.69 Å². The zero-order chi connectivity index (χ0) is 20.3. The highest BCUT2D eigenvalue weighted by Crippen LogP contribution is 2.16. The zero-order valence-corrected chi connectivity index (χ0v) is 15.1. The number of hydrogen-bond donors (Lipinski definition) is 3. The summed E-state index contributed by atoms with van der Waals surface area (Å²) in [7, 11) is 0. The first-order chi connectivity index (χ1) is 13.3. The lowest BCUT2D eigenvalue weighted by Gasteiger charge is -2.17. The predicted molar refractivity (Wildman–Crippen MR) is 99.6 cm³/mol. The summed E-state index contributed by atoms with van der Waals surface area (Å²) in [5.74, 6) is -1.40. The maximum absolute atomic E-state index is 12.9. The summed E-state index contributed by atoms with van der Waals surface area (Å²) in [5.41, 5.74) is 1.23. The molecule has 1 amide bonds. The van der Waals surface area contributed by atoms with Crippen molar-refractivity contribution in [2.75, 3.05) is 5.32 Å². The van der Waals surface area contributed by atoms with Crippen LogP contribution >= 0.6 is 0 Å². The molecule has 0 unspecified atom stereocenters.